The molecule has 2 amide bonds. The van der Waals surface area contributed by atoms with Gasteiger partial charge in [0.05, 0.1) is 5.69 Å². The number of amides is 2. The van der Waals surface area contributed by atoms with Crippen molar-refractivity contribution in [3.63, 3.8) is 0 Å². The molecule has 0 aromatic heterocycles. The first-order valence-corrected chi connectivity index (χ1v) is 8.64. The molecule has 25 heavy (non-hydrogen) atoms. The SMILES string of the molecule is CC1(C(=O)NCc2ccc3c(c2)OCO3)Sc2ccccc2NC1=O. The lowest BCUT2D eigenvalue weighted by molar-refractivity contribution is -0.130. The van der Waals surface area contributed by atoms with Crippen molar-refractivity contribution in [3.05, 3.63) is 48.0 Å². The topological polar surface area (TPSA) is 76.7 Å². The average Bonchev–Trinajstić information content (AvgIpc) is 3.08. The molecule has 0 bridgehead atoms. The molecule has 128 valence electrons. The third kappa shape index (κ3) is 2.80. The molecule has 2 heterocycles. The van der Waals surface area contributed by atoms with Gasteiger partial charge in [-0.1, -0.05) is 30.0 Å². The fourth-order valence-electron chi connectivity index (χ4n) is 2.72. The van der Waals surface area contributed by atoms with Gasteiger partial charge in [0.25, 0.3) is 0 Å². The van der Waals surface area contributed by atoms with Crippen LogP contribution in [0.5, 0.6) is 11.5 Å². The van der Waals surface area contributed by atoms with Gasteiger partial charge in [-0.25, -0.2) is 0 Å². The smallest absolute Gasteiger partial charge is 0.250 e. The summed E-state index contributed by atoms with van der Waals surface area (Å²) in [6, 6.07) is 12.9. The summed E-state index contributed by atoms with van der Waals surface area (Å²) in [5.41, 5.74) is 1.61. The molecule has 0 spiro atoms. The predicted octanol–water partition coefficient (Wildman–Crippen LogP) is 2.53. The van der Waals surface area contributed by atoms with Crippen molar-refractivity contribution in [2.24, 2.45) is 0 Å². The minimum Gasteiger partial charge on any atom is -0.454 e. The number of ether oxygens (including phenoxy) is 2. The van der Waals surface area contributed by atoms with Crippen LogP contribution in [0.1, 0.15) is 12.5 Å². The highest BCUT2D eigenvalue weighted by Gasteiger charge is 2.45. The third-order valence-corrected chi connectivity index (χ3v) is 5.56. The summed E-state index contributed by atoms with van der Waals surface area (Å²) in [7, 11) is 0. The maximum Gasteiger partial charge on any atom is 0.250 e. The molecule has 2 aliphatic rings. The highest BCUT2D eigenvalue weighted by atomic mass is 32.2. The summed E-state index contributed by atoms with van der Waals surface area (Å²) < 4.78 is 9.39. The minimum atomic E-state index is -1.22. The number of hydrogen-bond acceptors (Lipinski definition) is 5. The summed E-state index contributed by atoms with van der Waals surface area (Å²) in [6.07, 6.45) is 0. The predicted molar refractivity (Wildman–Crippen MR) is 93.7 cm³/mol. The van der Waals surface area contributed by atoms with E-state index in [9.17, 15) is 9.59 Å². The van der Waals surface area contributed by atoms with Gasteiger partial charge >= 0.3 is 0 Å². The second-order valence-electron chi connectivity index (χ2n) is 5.96. The van der Waals surface area contributed by atoms with Crippen molar-refractivity contribution < 1.29 is 19.1 Å². The van der Waals surface area contributed by atoms with E-state index in [2.05, 4.69) is 10.6 Å². The molecule has 2 aromatic rings. The normalized spacial score (nSPS) is 20.6. The first-order valence-electron chi connectivity index (χ1n) is 7.82. The number of rotatable bonds is 3. The summed E-state index contributed by atoms with van der Waals surface area (Å²) in [5.74, 6) is 0.707. The van der Waals surface area contributed by atoms with Crippen molar-refractivity contribution in [2.45, 2.75) is 23.1 Å². The van der Waals surface area contributed by atoms with Crippen LogP contribution >= 0.6 is 11.8 Å². The molecule has 0 radical (unpaired) electrons. The molecule has 1 unspecified atom stereocenters. The number of hydrogen-bond donors (Lipinski definition) is 2. The molecule has 2 aliphatic heterocycles. The van der Waals surface area contributed by atoms with Gasteiger partial charge in [0.2, 0.25) is 18.6 Å². The van der Waals surface area contributed by atoms with E-state index >= 15 is 0 Å². The number of carbonyl (C=O) groups excluding carboxylic acids is 2. The van der Waals surface area contributed by atoms with Crippen molar-refractivity contribution >= 4 is 29.3 Å². The molecule has 0 saturated carbocycles. The molecule has 7 heteroatoms. The van der Waals surface area contributed by atoms with E-state index in [0.717, 1.165) is 16.1 Å². The van der Waals surface area contributed by atoms with E-state index in [4.69, 9.17) is 9.47 Å². The van der Waals surface area contributed by atoms with Crippen molar-refractivity contribution in [2.75, 3.05) is 12.1 Å². The maximum absolute atomic E-state index is 12.7. The summed E-state index contributed by atoms with van der Waals surface area (Å²) in [5, 5.41) is 5.65. The summed E-state index contributed by atoms with van der Waals surface area (Å²) >= 11 is 1.26. The van der Waals surface area contributed by atoms with Crippen LogP contribution in [-0.4, -0.2) is 23.4 Å². The van der Waals surface area contributed by atoms with Gasteiger partial charge in [-0.3, -0.25) is 9.59 Å². The standard InChI is InChI=1S/C18H16N2O4S/c1-18(17(22)20-12-4-2-3-5-15(12)25-18)16(21)19-9-11-6-7-13-14(8-11)24-10-23-13/h2-8H,9-10H2,1H3,(H,19,21)(H,20,22). The van der Waals surface area contributed by atoms with Crippen molar-refractivity contribution in [1.82, 2.24) is 5.32 Å². The zero-order chi connectivity index (χ0) is 17.4. The molecule has 2 aromatic carbocycles. The Morgan fingerprint density at radius 2 is 2.04 bits per heavy atom. The Morgan fingerprint density at radius 1 is 1.24 bits per heavy atom. The van der Waals surface area contributed by atoms with E-state index in [0.29, 0.717) is 18.0 Å². The van der Waals surface area contributed by atoms with Gasteiger partial charge in [-0.2, -0.15) is 0 Å². The molecule has 0 fully saturated rings. The Morgan fingerprint density at radius 3 is 2.92 bits per heavy atom. The second-order valence-corrected chi connectivity index (χ2v) is 7.42. The largest absolute Gasteiger partial charge is 0.454 e. The number of nitrogens with one attached hydrogen (secondary N) is 2. The third-order valence-electron chi connectivity index (χ3n) is 4.21. The van der Waals surface area contributed by atoms with Crippen LogP contribution in [-0.2, 0) is 16.1 Å². The van der Waals surface area contributed by atoms with Gasteiger partial charge in [-0.15, -0.1) is 0 Å². The molecular formula is C18H16N2O4S. The van der Waals surface area contributed by atoms with Gasteiger partial charge in [0, 0.05) is 11.4 Å². The van der Waals surface area contributed by atoms with E-state index in [1.54, 1.807) is 6.92 Å². The molecule has 0 aliphatic carbocycles. The van der Waals surface area contributed by atoms with Crippen LogP contribution in [0.4, 0.5) is 5.69 Å². The van der Waals surface area contributed by atoms with Gasteiger partial charge in [-0.05, 0) is 36.8 Å². The van der Waals surface area contributed by atoms with Crippen LogP contribution in [0.2, 0.25) is 0 Å². The Labute approximate surface area is 148 Å². The Kier molecular flexibility index (Phi) is 3.80. The molecule has 2 N–H and O–H groups in total. The quantitative estimate of drug-likeness (QED) is 0.827. The minimum absolute atomic E-state index is 0.208. The average molecular weight is 356 g/mol. The zero-order valence-corrected chi connectivity index (χ0v) is 14.3. The van der Waals surface area contributed by atoms with E-state index in [1.165, 1.54) is 11.8 Å². The van der Waals surface area contributed by atoms with Gasteiger partial charge < -0.3 is 20.1 Å². The van der Waals surface area contributed by atoms with Crippen LogP contribution in [0, 0.1) is 0 Å². The van der Waals surface area contributed by atoms with Crippen LogP contribution in [0.15, 0.2) is 47.4 Å². The van der Waals surface area contributed by atoms with Gasteiger partial charge in [0.15, 0.2) is 16.2 Å². The number of benzene rings is 2. The maximum atomic E-state index is 12.7. The zero-order valence-electron chi connectivity index (χ0n) is 13.5. The van der Waals surface area contributed by atoms with E-state index < -0.39 is 4.75 Å². The summed E-state index contributed by atoms with van der Waals surface area (Å²) in [4.78, 5) is 26.0. The summed E-state index contributed by atoms with van der Waals surface area (Å²) in [6.45, 7) is 2.15. The molecule has 4 rings (SSSR count). The van der Waals surface area contributed by atoms with Crippen LogP contribution < -0.4 is 20.1 Å². The first-order chi connectivity index (χ1) is 12.1. The first kappa shape index (κ1) is 15.8. The number of anilines is 1. The number of para-hydroxylation sites is 1. The second kappa shape index (κ2) is 6.00. The fourth-order valence-corrected chi connectivity index (χ4v) is 3.84. The molecule has 1 atom stereocenters. The van der Waals surface area contributed by atoms with Crippen LogP contribution in [0.3, 0.4) is 0 Å². The van der Waals surface area contributed by atoms with Crippen molar-refractivity contribution in [1.29, 1.82) is 0 Å². The Bertz CT molecular complexity index is 870. The lowest BCUT2D eigenvalue weighted by Gasteiger charge is -2.31. The molecule has 0 saturated heterocycles. The van der Waals surface area contributed by atoms with Crippen LogP contribution in [0.25, 0.3) is 0 Å². The fraction of sp³-hybridized carbons (Fsp3) is 0.222. The number of fused-ring (bicyclic) bond motifs is 2. The number of carbonyl (C=O) groups is 2. The Balaban J connectivity index is 1.48. The van der Waals surface area contributed by atoms with E-state index in [-0.39, 0.29) is 18.6 Å². The van der Waals surface area contributed by atoms with Gasteiger partial charge in [0.1, 0.15) is 0 Å². The van der Waals surface area contributed by atoms with E-state index in [1.807, 2.05) is 42.5 Å². The van der Waals surface area contributed by atoms with Crippen molar-refractivity contribution in [3.8, 4) is 11.5 Å². The lowest BCUT2D eigenvalue weighted by Crippen LogP contribution is -2.51. The number of thioether (sulfide) groups is 1. The highest BCUT2D eigenvalue weighted by molar-refractivity contribution is 8.02. The molecule has 6 nitrogen and oxygen atoms in total. The molecular weight excluding hydrogens is 340 g/mol. The Hall–Kier alpha value is -2.67. The highest BCUT2D eigenvalue weighted by Crippen LogP contribution is 2.42. The lowest BCUT2D eigenvalue weighted by atomic mass is 10.1. The monoisotopic (exact) mass is 356 g/mol.